The molecule has 1 atom stereocenters. The van der Waals surface area contributed by atoms with E-state index in [1.54, 1.807) is 31.2 Å². The molecule has 1 aromatic carbocycles. The monoisotopic (exact) mass is 299 g/mol. The molecule has 6 heteroatoms. The Balaban J connectivity index is 2.71. The van der Waals surface area contributed by atoms with Crippen LogP contribution in [0.2, 0.25) is 0 Å². The summed E-state index contributed by atoms with van der Waals surface area (Å²) >= 11 is 0. The molecule has 1 rings (SSSR count). The number of unbranched alkanes of at least 4 members (excludes halogenated alkanes) is 1. The maximum Gasteiger partial charge on any atom is 0.240 e. The van der Waals surface area contributed by atoms with Crippen LogP contribution in [0.5, 0.6) is 0 Å². The van der Waals surface area contributed by atoms with Crippen LogP contribution >= 0.6 is 0 Å². The Hall–Kier alpha value is -1.11. The predicted molar refractivity (Wildman–Crippen MR) is 83.3 cm³/mol. The third-order valence-electron chi connectivity index (χ3n) is 3.06. The average Bonchev–Trinajstić information content (AvgIpc) is 2.44. The summed E-state index contributed by atoms with van der Waals surface area (Å²) in [6, 6.07) is 6.99. The fourth-order valence-electron chi connectivity index (χ4n) is 1.94. The standard InChI is InChI=1S/C14H25N3O2S/c1-3-5-6-13(11-15)17-12-7-9-14(10-8-12)20(18,19)16-4-2/h7-10,13,16-17H,3-6,11,15H2,1-2H3. The third kappa shape index (κ3) is 5.11. The molecule has 0 saturated carbocycles. The van der Waals surface area contributed by atoms with Gasteiger partial charge in [-0.1, -0.05) is 26.7 Å². The van der Waals surface area contributed by atoms with Crippen LogP contribution in [-0.4, -0.2) is 27.5 Å². The fourth-order valence-corrected chi connectivity index (χ4v) is 2.98. The van der Waals surface area contributed by atoms with Crippen molar-refractivity contribution in [3.63, 3.8) is 0 Å². The van der Waals surface area contributed by atoms with Gasteiger partial charge in [0.15, 0.2) is 0 Å². The molecule has 0 aliphatic heterocycles. The largest absolute Gasteiger partial charge is 0.381 e. The number of nitrogens with two attached hydrogens (primary N) is 1. The normalized spacial score (nSPS) is 13.2. The van der Waals surface area contributed by atoms with Crippen LogP contribution in [0.1, 0.15) is 33.1 Å². The molecule has 5 nitrogen and oxygen atoms in total. The summed E-state index contributed by atoms with van der Waals surface area (Å²) in [6.07, 6.45) is 3.28. The first kappa shape index (κ1) is 16.9. The van der Waals surface area contributed by atoms with E-state index in [4.69, 9.17) is 5.73 Å². The minimum absolute atomic E-state index is 0.228. The highest BCUT2D eigenvalue weighted by Gasteiger charge is 2.12. The first-order valence-electron chi connectivity index (χ1n) is 7.09. The summed E-state index contributed by atoms with van der Waals surface area (Å²) in [5.74, 6) is 0. The maximum atomic E-state index is 11.8. The van der Waals surface area contributed by atoms with E-state index in [2.05, 4.69) is 17.0 Å². The van der Waals surface area contributed by atoms with Crippen LogP contribution in [0.4, 0.5) is 5.69 Å². The lowest BCUT2D eigenvalue weighted by molar-refractivity contribution is 0.584. The van der Waals surface area contributed by atoms with Crippen molar-refractivity contribution in [2.75, 3.05) is 18.4 Å². The number of nitrogens with one attached hydrogen (secondary N) is 2. The summed E-state index contributed by atoms with van der Waals surface area (Å²) in [7, 11) is -3.38. The lowest BCUT2D eigenvalue weighted by atomic mass is 10.1. The van der Waals surface area contributed by atoms with Crippen molar-refractivity contribution in [1.29, 1.82) is 0 Å². The second kappa shape index (κ2) is 8.24. The highest BCUT2D eigenvalue weighted by Crippen LogP contribution is 2.15. The zero-order valence-corrected chi connectivity index (χ0v) is 13.0. The quantitative estimate of drug-likeness (QED) is 0.650. The molecule has 0 bridgehead atoms. The van der Waals surface area contributed by atoms with Gasteiger partial charge >= 0.3 is 0 Å². The topological polar surface area (TPSA) is 84.2 Å². The molecule has 0 aliphatic rings. The molecular formula is C14H25N3O2S. The van der Waals surface area contributed by atoms with Crippen molar-refractivity contribution in [3.8, 4) is 0 Å². The molecule has 1 aromatic rings. The van der Waals surface area contributed by atoms with E-state index >= 15 is 0 Å². The van der Waals surface area contributed by atoms with Crippen LogP contribution in [-0.2, 0) is 10.0 Å². The van der Waals surface area contributed by atoms with Crippen molar-refractivity contribution in [1.82, 2.24) is 4.72 Å². The Labute approximate surface area is 122 Å². The van der Waals surface area contributed by atoms with Crippen molar-refractivity contribution in [2.45, 2.75) is 44.0 Å². The summed E-state index contributed by atoms with van der Waals surface area (Å²) < 4.78 is 26.1. The van der Waals surface area contributed by atoms with E-state index < -0.39 is 10.0 Å². The van der Waals surface area contributed by atoms with E-state index in [9.17, 15) is 8.42 Å². The minimum Gasteiger partial charge on any atom is -0.381 e. The average molecular weight is 299 g/mol. The molecule has 0 spiro atoms. The minimum atomic E-state index is -3.38. The van der Waals surface area contributed by atoms with Crippen LogP contribution in [0.15, 0.2) is 29.2 Å². The van der Waals surface area contributed by atoms with E-state index in [-0.39, 0.29) is 10.9 Å². The predicted octanol–water partition coefficient (Wildman–Crippen LogP) is 1.91. The molecule has 0 saturated heterocycles. The van der Waals surface area contributed by atoms with E-state index in [0.717, 1.165) is 24.9 Å². The van der Waals surface area contributed by atoms with E-state index in [0.29, 0.717) is 13.1 Å². The van der Waals surface area contributed by atoms with Gasteiger partial charge in [0.1, 0.15) is 0 Å². The van der Waals surface area contributed by atoms with Crippen molar-refractivity contribution >= 4 is 15.7 Å². The maximum absolute atomic E-state index is 11.8. The molecule has 4 N–H and O–H groups in total. The van der Waals surface area contributed by atoms with Crippen molar-refractivity contribution in [2.24, 2.45) is 5.73 Å². The Kier molecular flexibility index (Phi) is 6.98. The van der Waals surface area contributed by atoms with Gasteiger partial charge in [-0.05, 0) is 30.7 Å². The van der Waals surface area contributed by atoms with Gasteiger partial charge in [0, 0.05) is 24.8 Å². The molecule has 0 fully saturated rings. The molecule has 20 heavy (non-hydrogen) atoms. The Bertz CT molecular complexity index is 486. The van der Waals surface area contributed by atoms with Gasteiger partial charge in [0.2, 0.25) is 10.0 Å². The first-order valence-corrected chi connectivity index (χ1v) is 8.58. The van der Waals surface area contributed by atoms with Crippen LogP contribution < -0.4 is 15.8 Å². The summed E-state index contributed by atoms with van der Waals surface area (Å²) in [6.45, 7) is 4.85. The highest BCUT2D eigenvalue weighted by molar-refractivity contribution is 7.89. The molecule has 0 aliphatic carbocycles. The Morgan fingerprint density at radius 2 is 1.85 bits per heavy atom. The fraction of sp³-hybridized carbons (Fsp3) is 0.571. The Morgan fingerprint density at radius 1 is 1.20 bits per heavy atom. The first-order chi connectivity index (χ1) is 9.53. The Morgan fingerprint density at radius 3 is 2.35 bits per heavy atom. The SMILES string of the molecule is CCCCC(CN)Nc1ccc(S(=O)(=O)NCC)cc1. The number of rotatable bonds is 9. The van der Waals surface area contributed by atoms with Gasteiger partial charge in [-0.15, -0.1) is 0 Å². The van der Waals surface area contributed by atoms with Crippen molar-refractivity contribution in [3.05, 3.63) is 24.3 Å². The lowest BCUT2D eigenvalue weighted by Crippen LogP contribution is -2.28. The number of sulfonamides is 1. The third-order valence-corrected chi connectivity index (χ3v) is 4.62. The van der Waals surface area contributed by atoms with Crippen LogP contribution in [0.3, 0.4) is 0 Å². The lowest BCUT2D eigenvalue weighted by Gasteiger charge is -2.18. The van der Waals surface area contributed by atoms with Gasteiger partial charge in [0.25, 0.3) is 0 Å². The summed E-state index contributed by atoms with van der Waals surface area (Å²) in [5, 5.41) is 3.33. The number of hydrogen-bond donors (Lipinski definition) is 3. The molecule has 114 valence electrons. The van der Waals surface area contributed by atoms with Gasteiger partial charge in [-0.25, -0.2) is 13.1 Å². The number of hydrogen-bond acceptors (Lipinski definition) is 4. The van der Waals surface area contributed by atoms with Crippen molar-refractivity contribution < 1.29 is 8.42 Å². The molecule has 0 aromatic heterocycles. The molecular weight excluding hydrogens is 274 g/mol. The summed E-state index contributed by atoms with van der Waals surface area (Å²) in [5.41, 5.74) is 6.63. The molecule has 0 amide bonds. The van der Waals surface area contributed by atoms with E-state index in [1.807, 2.05) is 0 Å². The molecule has 0 radical (unpaired) electrons. The number of anilines is 1. The summed E-state index contributed by atoms with van der Waals surface area (Å²) in [4.78, 5) is 0.280. The van der Waals surface area contributed by atoms with Gasteiger partial charge in [-0.2, -0.15) is 0 Å². The van der Waals surface area contributed by atoms with Gasteiger partial charge in [-0.3, -0.25) is 0 Å². The number of benzene rings is 1. The molecule has 0 heterocycles. The zero-order chi connectivity index (χ0) is 15.0. The van der Waals surface area contributed by atoms with E-state index in [1.165, 1.54) is 0 Å². The zero-order valence-electron chi connectivity index (χ0n) is 12.2. The second-order valence-electron chi connectivity index (χ2n) is 4.74. The van der Waals surface area contributed by atoms with Gasteiger partial charge < -0.3 is 11.1 Å². The molecule has 1 unspecified atom stereocenters. The smallest absolute Gasteiger partial charge is 0.240 e. The van der Waals surface area contributed by atoms with Crippen LogP contribution in [0.25, 0.3) is 0 Å². The van der Waals surface area contributed by atoms with Crippen LogP contribution in [0, 0.1) is 0 Å². The second-order valence-corrected chi connectivity index (χ2v) is 6.51. The van der Waals surface area contributed by atoms with Gasteiger partial charge in [0.05, 0.1) is 4.90 Å². The highest BCUT2D eigenvalue weighted by atomic mass is 32.2.